The number of nitrogens with one attached hydrogen (secondary N) is 1. The summed E-state index contributed by atoms with van der Waals surface area (Å²) < 4.78 is 5.26. The predicted octanol–water partition coefficient (Wildman–Crippen LogP) is 1.81. The lowest BCUT2D eigenvalue weighted by Crippen LogP contribution is -2.02. The zero-order chi connectivity index (χ0) is 10.8. The second-order valence-electron chi connectivity index (χ2n) is 3.65. The highest BCUT2D eigenvalue weighted by Crippen LogP contribution is 2.37. The first-order chi connectivity index (χ1) is 7.93. The zero-order valence-electron chi connectivity index (χ0n) is 8.59. The molecule has 0 aromatic carbocycles. The molecule has 7 heteroatoms. The minimum absolute atomic E-state index is 0.345. The van der Waals surface area contributed by atoms with Crippen LogP contribution in [0.5, 0.6) is 0 Å². The summed E-state index contributed by atoms with van der Waals surface area (Å²) in [5, 5.41) is 10.7. The molecule has 0 amide bonds. The Hall–Kier alpha value is -1.37. The third-order valence-corrected chi connectivity index (χ3v) is 3.89. The van der Waals surface area contributed by atoms with Gasteiger partial charge in [0.25, 0.3) is 0 Å². The van der Waals surface area contributed by atoms with Crippen molar-refractivity contribution in [1.82, 2.24) is 25.3 Å². The van der Waals surface area contributed by atoms with Crippen molar-refractivity contribution >= 4 is 11.8 Å². The maximum atomic E-state index is 5.26. The molecule has 1 atom stereocenters. The lowest BCUT2D eigenvalue weighted by atomic mass is 10.2. The van der Waals surface area contributed by atoms with Gasteiger partial charge in [0.15, 0.2) is 5.82 Å². The van der Waals surface area contributed by atoms with Crippen molar-refractivity contribution in [2.24, 2.45) is 0 Å². The van der Waals surface area contributed by atoms with E-state index in [0.717, 1.165) is 6.42 Å². The SMILES string of the molecule is c1n[nH]c(-c2noc(C3CCCCS3)n2)n1. The van der Waals surface area contributed by atoms with E-state index in [-0.39, 0.29) is 0 Å². The number of thioether (sulfide) groups is 1. The number of aromatic nitrogens is 5. The zero-order valence-corrected chi connectivity index (χ0v) is 9.40. The van der Waals surface area contributed by atoms with Crippen LogP contribution in [0.1, 0.15) is 30.4 Å². The van der Waals surface area contributed by atoms with Gasteiger partial charge in [-0.15, -0.1) is 11.8 Å². The summed E-state index contributed by atoms with van der Waals surface area (Å²) in [5.74, 6) is 2.91. The normalized spacial score (nSPS) is 21.1. The number of hydrogen-bond acceptors (Lipinski definition) is 6. The molecular formula is C9H11N5OS. The first-order valence-corrected chi connectivity index (χ1v) is 6.29. The topological polar surface area (TPSA) is 80.5 Å². The van der Waals surface area contributed by atoms with E-state index in [1.807, 2.05) is 11.8 Å². The lowest BCUT2D eigenvalue weighted by Gasteiger charge is -2.16. The molecule has 1 unspecified atom stereocenters. The highest BCUT2D eigenvalue weighted by atomic mass is 32.2. The van der Waals surface area contributed by atoms with Gasteiger partial charge in [-0.05, 0) is 18.6 Å². The van der Waals surface area contributed by atoms with Crippen molar-refractivity contribution in [3.05, 3.63) is 12.2 Å². The number of H-pyrrole nitrogens is 1. The van der Waals surface area contributed by atoms with Crippen molar-refractivity contribution in [3.63, 3.8) is 0 Å². The van der Waals surface area contributed by atoms with Crippen molar-refractivity contribution < 1.29 is 4.52 Å². The van der Waals surface area contributed by atoms with Crippen LogP contribution in [0.15, 0.2) is 10.9 Å². The summed E-state index contributed by atoms with van der Waals surface area (Å²) in [5.41, 5.74) is 0. The molecule has 1 saturated heterocycles. The van der Waals surface area contributed by atoms with Crippen LogP contribution in [0.25, 0.3) is 11.6 Å². The van der Waals surface area contributed by atoms with Crippen molar-refractivity contribution in [1.29, 1.82) is 0 Å². The van der Waals surface area contributed by atoms with E-state index >= 15 is 0 Å². The van der Waals surface area contributed by atoms with E-state index in [1.165, 1.54) is 24.9 Å². The van der Waals surface area contributed by atoms with E-state index in [0.29, 0.717) is 22.8 Å². The fourth-order valence-electron chi connectivity index (χ4n) is 1.71. The Balaban J connectivity index is 1.82. The molecular weight excluding hydrogens is 226 g/mol. The Bertz CT molecular complexity index is 448. The van der Waals surface area contributed by atoms with E-state index in [4.69, 9.17) is 4.52 Å². The third-order valence-electron chi connectivity index (χ3n) is 2.52. The highest BCUT2D eigenvalue weighted by molar-refractivity contribution is 7.99. The minimum atomic E-state index is 0.345. The van der Waals surface area contributed by atoms with Gasteiger partial charge in [-0.1, -0.05) is 11.6 Å². The second-order valence-corrected chi connectivity index (χ2v) is 4.96. The average Bonchev–Trinajstić information content (AvgIpc) is 3.01. The maximum absolute atomic E-state index is 5.26. The van der Waals surface area contributed by atoms with Gasteiger partial charge in [0.1, 0.15) is 6.33 Å². The maximum Gasteiger partial charge on any atom is 0.240 e. The number of aromatic amines is 1. The van der Waals surface area contributed by atoms with Crippen LogP contribution >= 0.6 is 11.8 Å². The van der Waals surface area contributed by atoms with E-state index in [2.05, 4.69) is 25.3 Å². The molecule has 3 rings (SSSR count). The van der Waals surface area contributed by atoms with Crippen LogP contribution in [-0.4, -0.2) is 31.1 Å². The van der Waals surface area contributed by atoms with Crippen molar-refractivity contribution in [2.45, 2.75) is 24.5 Å². The molecule has 0 aliphatic carbocycles. The molecule has 2 aromatic heterocycles. The smallest absolute Gasteiger partial charge is 0.240 e. The molecule has 1 aliphatic rings. The largest absolute Gasteiger partial charge is 0.338 e. The first-order valence-electron chi connectivity index (χ1n) is 5.24. The first kappa shape index (κ1) is 9.83. The van der Waals surface area contributed by atoms with Gasteiger partial charge < -0.3 is 4.52 Å². The summed E-state index contributed by atoms with van der Waals surface area (Å²) in [7, 11) is 0. The van der Waals surface area contributed by atoms with Gasteiger partial charge >= 0.3 is 0 Å². The van der Waals surface area contributed by atoms with Gasteiger partial charge in [0, 0.05) is 0 Å². The summed E-state index contributed by atoms with van der Waals surface area (Å²) >= 11 is 1.88. The van der Waals surface area contributed by atoms with Gasteiger partial charge in [-0.25, -0.2) is 4.98 Å². The fourth-order valence-corrected chi connectivity index (χ4v) is 2.94. The molecule has 1 aliphatic heterocycles. The molecule has 3 heterocycles. The molecule has 0 spiro atoms. The molecule has 0 saturated carbocycles. The van der Waals surface area contributed by atoms with Gasteiger partial charge in [-0.3, -0.25) is 5.10 Å². The predicted molar refractivity (Wildman–Crippen MR) is 58.7 cm³/mol. The number of rotatable bonds is 2. The number of nitrogens with zero attached hydrogens (tertiary/aromatic N) is 4. The second kappa shape index (κ2) is 4.25. The summed E-state index contributed by atoms with van der Waals surface area (Å²) in [6.45, 7) is 0. The van der Waals surface area contributed by atoms with Crippen LogP contribution in [0.3, 0.4) is 0 Å². The van der Waals surface area contributed by atoms with E-state index in [1.54, 1.807) is 0 Å². The molecule has 0 radical (unpaired) electrons. The Kier molecular flexibility index (Phi) is 2.61. The molecule has 84 valence electrons. The molecule has 6 nitrogen and oxygen atoms in total. The lowest BCUT2D eigenvalue weighted by molar-refractivity contribution is 0.370. The standard InChI is InChI=1S/C9H11N5OS/c1-2-4-16-6(3-1)9-12-8(14-15-9)7-10-5-11-13-7/h5-6H,1-4H2,(H,10,11,13). The summed E-state index contributed by atoms with van der Waals surface area (Å²) in [6.07, 6.45) is 5.06. The van der Waals surface area contributed by atoms with Gasteiger partial charge in [0.05, 0.1) is 5.25 Å². The minimum Gasteiger partial charge on any atom is -0.338 e. The van der Waals surface area contributed by atoms with E-state index < -0.39 is 0 Å². The van der Waals surface area contributed by atoms with Crippen molar-refractivity contribution in [2.75, 3.05) is 5.75 Å². The molecule has 16 heavy (non-hydrogen) atoms. The fraction of sp³-hybridized carbons (Fsp3) is 0.556. The third kappa shape index (κ3) is 1.82. The van der Waals surface area contributed by atoms with Gasteiger partial charge in [0.2, 0.25) is 11.7 Å². The van der Waals surface area contributed by atoms with Crippen LogP contribution in [0, 0.1) is 0 Å². The monoisotopic (exact) mass is 237 g/mol. The molecule has 1 N–H and O–H groups in total. The summed E-state index contributed by atoms with van der Waals surface area (Å²) in [6, 6.07) is 0. The molecule has 1 fully saturated rings. The highest BCUT2D eigenvalue weighted by Gasteiger charge is 2.22. The van der Waals surface area contributed by atoms with Crippen molar-refractivity contribution in [3.8, 4) is 11.6 Å². The number of hydrogen-bond donors (Lipinski definition) is 1. The van der Waals surface area contributed by atoms with Crippen LogP contribution in [0.4, 0.5) is 0 Å². The summed E-state index contributed by atoms with van der Waals surface area (Å²) in [4.78, 5) is 8.33. The Labute approximate surface area is 96.2 Å². The molecule has 0 bridgehead atoms. The Morgan fingerprint density at radius 1 is 1.44 bits per heavy atom. The van der Waals surface area contributed by atoms with Crippen LogP contribution in [-0.2, 0) is 0 Å². The van der Waals surface area contributed by atoms with Crippen LogP contribution in [0.2, 0.25) is 0 Å². The average molecular weight is 237 g/mol. The van der Waals surface area contributed by atoms with Gasteiger partial charge in [-0.2, -0.15) is 10.1 Å². The van der Waals surface area contributed by atoms with Crippen LogP contribution < -0.4 is 0 Å². The molecule has 2 aromatic rings. The Morgan fingerprint density at radius 2 is 2.44 bits per heavy atom. The quantitative estimate of drug-likeness (QED) is 0.858. The Morgan fingerprint density at radius 3 is 3.19 bits per heavy atom. The van der Waals surface area contributed by atoms with E-state index in [9.17, 15) is 0 Å².